The molecule has 3 aliphatic carbocycles. The number of carbonyl (C=O) groups is 2. The third kappa shape index (κ3) is 7.36. The number of quaternary nitrogens is 1. The van der Waals surface area contributed by atoms with E-state index in [2.05, 4.69) is 49.3 Å². The van der Waals surface area contributed by atoms with Crippen LogP contribution in [-0.2, 0) is 38.2 Å². The van der Waals surface area contributed by atoms with Crippen molar-refractivity contribution in [2.75, 3.05) is 0 Å². The minimum atomic E-state index is -0.753. The van der Waals surface area contributed by atoms with Crippen LogP contribution in [0.1, 0.15) is 50.3 Å². The van der Waals surface area contributed by atoms with Gasteiger partial charge in [-0.05, 0) is 60.1 Å². The monoisotopic (exact) mass is 643 g/mol. The topological polar surface area (TPSA) is 104 Å². The maximum absolute atomic E-state index is 14.1. The van der Waals surface area contributed by atoms with Crippen LogP contribution in [0.15, 0.2) is 91.0 Å². The van der Waals surface area contributed by atoms with Crippen LogP contribution in [0.2, 0.25) is 6.32 Å². The number of halogens is 1. The first-order chi connectivity index (χ1) is 21.6. The fourth-order valence-corrected chi connectivity index (χ4v) is 8.02. The number of rotatable bonds is 12. The van der Waals surface area contributed by atoms with E-state index in [0.717, 1.165) is 23.1 Å². The Balaban J connectivity index is 0.00000417. The zero-order valence-corrected chi connectivity index (χ0v) is 27.9. The van der Waals surface area contributed by atoms with Crippen LogP contribution in [0.25, 0.3) is 0 Å². The van der Waals surface area contributed by atoms with Gasteiger partial charge in [0.1, 0.15) is 6.04 Å². The highest BCUT2D eigenvalue weighted by Gasteiger charge is 2.67. The van der Waals surface area contributed by atoms with E-state index in [1.54, 1.807) is 0 Å². The second kappa shape index (κ2) is 14.3. The van der Waals surface area contributed by atoms with Gasteiger partial charge in [0.15, 0.2) is 6.04 Å². The van der Waals surface area contributed by atoms with Crippen molar-refractivity contribution in [3.63, 3.8) is 0 Å². The van der Waals surface area contributed by atoms with E-state index in [-0.39, 0.29) is 47.4 Å². The first kappa shape index (κ1) is 34.2. The van der Waals surface area contributed by atoms with Crippen LogP contribution in [0, 0.1) is 17.3 Å². The molecule has 2 amide bonds. The number of nitrogens with one attached hydrogen (secondary N) is 2. The normalized spacial score (nSPS) is 26.0. The molecule has 1 heterocycles. The van der Waals surface area contributed by atoms with Crippen molar-refractivity contribution in [1.82, 2.24) is 10.6 Å². The van der Waals surface area contributed by atoms with Crippen LogP contribution in [-0.4, -0.2) is 48.8 Å². The summed E-state index contributed by atoms with van der Waals surface area (Å²) in [6, 6.07) is 28.3. The average molecular weight is 644 g/mol. The van der Waals surface area contributed by atoms with E-state index in [0.29, 0.717) is 37.4 Å². The molecule has 2 bridgehead atoms. The highest BCUT2D eigenvalue weighted by atomic mass is 35.5. The Morgan fingerprint density at radius 3 is 1.91 bits per heavy atom. The Kier molecular flexibility index (Phi) is 10.6. The highest BCUT2D eigenvalue weighted by molar-refractivity contribution is 6.45. The van der Waals surface area contributed by atoms with Crippen molar-refractivity contribution in [3.8, 4) is 0 Å². The first-order valence-electron chi connectivity index (χ1n) is 16.5. The molecule has 5 N–H and O–H groups in total. The summed E-state index contributed by atoms with van der Waals surface area (Å²) in [7, 11) is -0.401. The van der Waals surface area contributed by atoms with Gasteiger partial charge in [-0.2, -0.15) is 0 Å². The quantitative estimate of drug-likeness (QED) is 0.257. The van der Waals surface area contributed by atoms with E-state index in [1.807, 2.05) is 78.9 Å². The molecule has 3 aromatic carbocycles. The third-order valence-electron chi connectivity index (χ3n) is 10.8. The molecule has 7 nitrogen and oxygen atoms in total. The van der Waals surface area contributed by atoms with E-state index < -0.39 is 19.2 Å². The molecule has 9 heteroatoms. The van der Waals surface area contributed by atoms with Gasteiger partial charge in [0.05, 0.1) is 11.7 Å². The summed E-state index contributed by atoms with van der Waals surface area (Å²) in [6.07, 6.45) is 4.33. The summed E-state index contributed by atoms with van der Waals surface area (Å²) in [5.41, 5.74) is 7.20. The van der Waals surface area contributed by atoms with Crippen molar-refractivity contribution in [3.05, 3.63) is 108 Å². The van der Waals surface area contributed by atoms with Gasteiger partial charge in [0.2, 0.25) is 5.91 Å². The Labute approximate surface area is 279 Å². The molecular formula is C37H47BClN3O4. The molecule has 4 fully saturated rings. The highest BCUT2D eigenvalue weighted by Crippen LogP contribution is 2.65. The second-order valence-electron chi connectivity index (χ2n) is 14.2. The lowest BCUT2D eigenvalue weighted by Gasteiger charge is -2.64. The summed E-state index contributed by atoms with van der Waals surface area (Å²) >= 11 is 0. The van der Waals surface area contributed by atoms with Crippen LogP contribution in [0.3, 0.4) is 0 Å². The predicted molar refractivity (Wildman–Crippen MR) is 176 cm³/mol. The van der Waals surface area contributed by atoms with Crippen LogP contribution >= 0.6 is 0 Å². The van der Waals surface area contributed by atoms with Crippen molar-refractivity contribution >= 4 is 18.9 Å². The number of benzene rings is 3. The number of amides is 2. The molecule has 46 heavy (non-hydrogen) atoms. The van der Waals surface area contributed by atoms with Gasteiger partial charge in [-0.25, -0.2) is 0 Å². The predicted octanol–water partition coefficient (Wildman–Crippen LogP) is 1.03. The van der Waals surface area contributed by atoms with Gasteiger partial charge < -0.3 is 38.1 Å². The molecule has 1 aliphatic heterocycles. The number of hydrogen-bond acceptors (Lipinski definition) is 4. The van der Waals surface area contributed by atoms with Crippen LogP contribution in [0.5, 0.6) is 0 Å². The summed E-state index contributed by atoms with van der Waals surface area (Å²) in [5, 5.41) is 6.34. The molecule has 1 saturated heterocycles. The molecule has 3 unspecified atom stereocenters. The van der Waals surface area contributed by atoms with Gasteiger partial charge in [0, 0.05) is 25.2 Å². The zero-order valence-electron chi connectivity index (χ0n) is 27.2. The standard InChI is InChI=1S/C37H46BN3O4.ClH/c1-36(2)28-22-32(36)37(3)33(23-28)44-38(45-37)24-29(19-25-13-7-4-8-14-25)40-35(43)31(21-27-17-11-6-12-18-27)41-34(42)30(39)20-26-15-9-5-10-16-26;/h4-18,28-33H,19-24,39H2,1-3H3,(H,40,43)(H,41,42);1H/t28?,29-,30+,31+,32?,33?,37-;/m1./s1. The summed E-state index contributed by atoms with van der Waals surface area (Å²) in [4.78, 5) is 27.4. The fraction of sp³-hybridized carbons (Fsp3) is 0.459. The first-order valence-corrected chi connectivity index (χ1v) is 16.5. The van der Waals surface area contributed by atoms with Gasteiger partial charge in [-0.3, -0.25) is 9.59 Å². The van der Waals surface area contributed by atoms with Crippen molar-refractivity contribution in [2.24, 2.45) is 17.3 Å². The van der Waals surface area contributed by atoms with Crippen molar-refractivity contribution in [1.29, 1.82) is 0 Å². The van der Waals surface area contributed by atoms with Crippen LogP contribution < -0.4 is 28.8 Å². The summed E-state index contributed by atoms with van der Waals surface area (Å²) in [6.45, 7) is 6.94. The summed E-state index contributed by atoms with van der Waals surface area (Å²) in [5.74, 6) is 0.683. The number of hydrogen-bond donors (Lipinski definition) is 3. The lowest BCUT2D eigenvalue weighted by molar-refractivity contribution is -0.403. The van der Waals surface area contributed by atoms with E-state index in [4.69, 9.17) is 9.31 Å². The largest absolute Gasteiger partial charge is 1.00 e. The Bertz CT molecular complexity index is 1460. The van der Waals surface area contributed by atoms with Gasteiger partial charge in [-0.15, -0.1) is 0 Å². The molecule has 3 aromatic rings. The zero-order chi connectivity index (χ0) is 31.6. The number of carbonyl (C=O) groups excluding carboxylic acids is 2. The Hall–Kier alpha value is -3.17. The Morgan fingerprint density at radius 2 is 1.35 bits per heavy atom. The molecule has 0 aromatic heterocycles. The van der Waals surface area contributed by atoms with Crippen molar-refractivity contribution < 1.29 is 37.0 Å². The molecule has 7 atom stereocenters. The van der Waals surface area contributed by atoms with E-state index in [1.165, 1.54) is 6.42 Å². The Morgan fingerprint density at radius 1 is 0.804 bits per heavy atom. The minimum Gasteiger partial charge on any atom is -1.00 e. The maximum atomic E-state index is 14.1. The molecule has 0 radical (unpaired) electrons. The fourth-order valence-electron chi connectivity index (χ4n) is 8.02. The maximum Gasteiger partial charge on any atom is 0.459 e. The van der Waals surface area contributed by atoms with Gasteiger partial charge in [0.25, 0.3) is 5.91 Å². The third-order valence-corrected chi connectivity index (χ3v) is 10.8. The smallest absolute Gasteiger partial charge is 0.459 e. The SMILES string of the molecule is CC1(C)C2CC3OB(C[C@@H](Cc4ccccc4)NC(=O)[C@H](Cc4ccccc4)NC(=O)[C@@H]([NH3+])Cc4ccccc4)O[C@]3(C)C1C2.[Cl-]. The van der Waals surface area contributed by atoms with E-state index in [9.17, 15) is 9.59 Å². The average Bonchev–Trinajstić information content (AvgIpc) is 3.37. The second-order valence-corrected chi connectivity index (χ2v) is 14.2. The molecule has 3 saturated carbocycles. The van der Waals surface area contributed by atoms with E-state index >= 15 is 0 Å². The summed E-state index contributed by atoms with van der Waals surface area (Å²) < 4.78 is 13.3. The van der Waals surface area contributed by atoms with Gasteiger partial charge >= 0.3 is 7.12 Å². The molecule has 244 valence electrons. The molecule has 4 aliphatic rings. The molecule has 7 rings (SSSR count). The van der Waals surface area contributed by atoms with Gasteiger partial charge in [-0.1, -0.05) is 105 Å². The lowest BCUT2D eigenvalue weighted by atomic mass is 9.43. The van der Waals surface area contributed by atoms with Crippen LogP contribution in [0.4, 0.5) is 0 Å². The molecular weight excluding hydrogens is 597 g/mol. The minimum absolute atomic E-state index is 0. The van der Waals surface area contributed by atoms with Crippen molar-refractivity contribution in [2.45, 2.75) is 89.0 Å². The molecule has 0 spiro atoms. The lowest BCUT2D eigenvalue weighted by Crippen LogP contribution is -3.00.